The highest BCUT2D eigenvalue weighted by atomic mass is 16.4. The van der Waals surface area contributed by atoms with Crippen molar-refractivity contribution < 1.29 is 24.6 Å². The van der Waals surface area contributed by atoms with Crippen molar-refractivity contribution in [3.05, 3.63) is 0 Å². The van der Waals surface area contributed by atoms with Gasteiger partial charge in [0.2, 0.25) is 5.91 Å². The Hall–Kier alpha value is -1.83. The lowest BCUT2D eigenvalue weighted by Crippen LogP contribution is -2.65. The molecular formula is C12H21N3O5. The number of amides is 3. The van der Waals surface area contributed by atoms with Crippen LogP contribution < -0.4 is 5.32 Å². The molecule has 1 saturated heterocycles. The van der Waals surface area contributed by atoms with Gasteiger partial charge in [0.15, 0.2) is 6.10 Å². The summed E-state index contributed by atoms with van der Waals surface area (Å²) in [6.07, 6.45) is -1.58. The van der Waals surface area contributed by atoms with Crippen LogP contribution in [0.2, 0.25) is 0 Å². The van der Waals surface area contributed by atoms with Crippen molar-refractivity contribution in [1.29, 1.82) is 0 Å². The number of nitrogens with zero attached hydrogens (tertiary/aromatic N) is 2. The highest BCUT2D eigenvalue weighted by Crippen LogP contribution is 2.21. The van der Waals surface area contributed by atoms with Crippen LogP contribution >= 0.6 is 0 Å². The molecule has 20 heavy (non-hydrogen) atoms. The number of rotatable bonds is 4. The Bertz CT molecular complexity index is 410. The second kappa shape index (κ2) is 6.08. The Labute approximate surface area is 117 Å². The van der Waals surface area contributed by atoms with Crippen LogP contribution in [0.3, 0.4) is 0 Å². The summed E-state index contributed by atoms with van der Waals surface area (Å²) >= 11 is 0. The van der Waals surface area contributed by atoms with Gasteiger partial charge in [0, 0.05) is 33.1 Å². The Kier molecular flexibility index (Phi) is 4.93. The molecule has 0 unspecified atom stereocenters. The van der Waals surface area contributed by atoms with E-state index in [1.54, 1.807) is 25.8 Å². The third kappa shape index (κ3) is 3.38. The minimum Gasteiger partial charge on any atom is -0.479 e. The molecule has 1 fully saturated rings. The van der Waals surface area contributed by atoms with Gasteiger partial charge in [0.25, 0.3) is 0 Å². The highest BCUT2D eigenvalue weighted by Gasteiger charge is 2.42. The molecule has 1 aliphatic rings. The van der Waals surface area contributed by atoms with Crippen molar-refractivity contribution in [2.45, 2.75) is 31.9 Å². The van der Waals surface area contributed by atoms with Gasteiger partial charge in [-0.25, -0.2) is 9.59 Å². The van der Waals surface area contributed by atoms with E-state index >= 15 is 0 Å². The van der Waals surface area contributed by atoms with Crippen LogP contribution in [-0.4, -0.2) is 76.2 Å². The van der Waals surface area contributed by atoms with Crippen molar-refractivity contribution in [2.24, 2.45) is 0 Å². The number of hydrogen-bond donors (Lipinski definition) is 3. The molecule has 0 aliphatic carbocycles. The number of aliphatic hydroxyl groups excluding tert-OH is 1. The van der Waals surface area contributed by atoms with Gasteiger partial charge >= 0.3 is 12.0 Å². The summed E-state index contributed by atoms with van der Waals surface area (Å²) in [6, 6.07) is -0.436. The molecule has 0 spiro atoms. The monoisotopic (exact) mass is 287 g/mol. The van der Waals surface area contributed by atoms with Gasteiger partial charge in [-0.2, -0.15) is 0 Å². The molecule has 0 bridgehead atoms. The maximum Gasteiger partial charge on any atom is 0.332 e. The van der Waals surface area contributed by atoms with Crippen LogP contribution in [0.4, 0.5) is 4.79 Å². The van der Waals surface area contributed by atoms with Crippen LogP contribution in [0.25, 0.3) is 0 Å². The van der Waals surface area contributed by atoms with Crippen LogP contribution in [0.15, 0.2) is 0 Å². The van der Waals surface area contributed by atoms with Crippen molar-refractivity contribution in [2.75, 3.05) is 26.7 Å². The molecule has 3 N–H and O–H groups in total. The lowest BCUT2D eigenvalue weighted by Gasteiger charge is -2.44. The third-order valence-corrected chi connectivity index (χ3v) is 3.43. The smallest absolute Gasteiger partial charge is 0.332 e. The van der Waals surface area contributed by atoms with Gasteiger partial charge < -0.3 is 25.3 Å². The Morgan fingerprint density at radius 2 is 2.00 bits per heavy atom. The Morgan fingerprint density at radius 3 is 2.55 bits per heavy atom. The standard InChI is InChI=1S/C12H21N3O5/c1-12(2)10(19)14(3)6-7-15(12)11(20)13-5-4-8(16)9(17)18/h8,16H,4-7H2,1-3H3,(H,13,20)(H,17,18)/t8-/m0/s1. The number of piperazine rings is 1. The minimum absolute atomic E-state index is 0.0307. The van der Waals surface area contributed by atoms with Crippen LogP contribution in [0, 0.1) is 0 Å². The molecule has 0 aromatic heterocycles. The molecule has 1 atom stereocenters. The Balaban J connectivity index is 2.55. The molecule has 0 aromatic carbocycles. The molecule has 0 saturated carbocycles. The van der Waals surface area contributed by atoms with Gasteiger partial charge in [-0.3, -0.25) is 4.79 Å². The number of carbonyl (C=O) groups is 3. The zero-order chi connectivity index (χ0) is 15.5. The number of nitrogens with one attached hydrogen (secondary N) is 1. The van der Waals surface area contributed by atoms with Crippen molar-refractivity contribution in [3.63, 3.8) is 0 Å². The van der Waals surface area contributed by atoms with E-state index in [9.17, 15) is 14.4 Å². The summed E-state index contributed by atoms with van der Waals surface area (Å²) in [6.45, 7) is 4.21. The van der Waals surface area contributed by atoms with Crippen molar-refractivity contribution in [1.82, 2.24) is 15.1 Å². The normalized spacial score (nSPS) is 19.7. The zero-order valence-corrected chi connectivity index (χ0v) is 11.9. The maximum absolute atomic E-state index is 12.0. The first kappa shape index (κ1) is 16.2. The van der Waals surface area contributed by atoms with Gasteiger partial charge in [-0.15, -0.1) is 0 Å². The first-order valence-corrected chi connectivity index (χ1v) is 6.40. The first-order valence-electron chi connectivity index (χ1n) is 6.40. The molecule has 8 nitrogen and oxygen atoms in total. The maximum atomic E-state index is 12.0. The highest BCUT2D eigenvalue weighted by molar-refractivity contribution is 5.91. The SMILES string of the molecule is CN1CCN(C(=O)NCC[C@H](O)C(=O)O)C(C)(C)C1=O. The van der Waals surface area contributed by atoms with E-state index in [0.29, 0.717) is 13.1 Å². The predicted molar refractivity (Wildman–Crippen MR) is 70.1 cm³/mol. The largest absolute Gasteiger partial charge is 0.479 e. The van der Waals surface area contributed by atoms with E-state index < -0.39 is 23.6 Å². The van der Waals surface area contributed by atoms with Crippen molar-refractivity contribution in [3.8, 4) is 0 Å². The van der Waals surface area contributed by atoms with E-state index in [1.165, 1.54) is 4.90 Å². The molecular weight excluding hydrogens is 266 g/mol. The van der Waals surface area contributed by atoms with Crippen molar-refractivity contribution >= 4 is 17.9 Å². The molecule has 114 valence electrons. The van der Waals surface area contributed by atoms with Gasteiger partial charge in [-0.05, 0) is 13.8 Å². The Morgan fingerprint density at radius 1 is 1.40 bits per heavy atom. The molecule has 1 aliphatic heterocycles. The van der Waals surface area contributed by atoms with Gasteiger partial charge in [0.05, 0.1) is 0 Å². The number of aliphatic carboxylic acids is 1. The molecule has 8 heteroatoms. The average molecular weight is 287 g/mol. The number of hydrogen-bond acceptors (Lipinski definition) is 4. The van der Waals surface area contributed by atoms with E-state index in [-0.39, 0.29) is 18.9 Å². The average Bonchev–Trinajstić information content (AvgIpc) is 2.35. The van der Waals surface area contributed by atoms with E-state index in [1.807, 2.05) is 0 Å². The van der Waals surface area contributed by atoms with E-state index in [4.69, 9.17) is 10.2 Å². The van der Waals surface area contributed by atoms with Gasteiger partial charge in [-0.1, -0.05) is 0 Å². The summed E-state index contributed by atoms with van der Waals surface area (Å²) in [5.41, 5.74) is -0.942. The fourth-order valence-corrected chi connectivity index (χ4v) is 2.10. The zero-order valence-electron chi connectivity index (χ0n) is 11.9. The number of urea groups is 1. The van der Waals surface area contributed by atoms with E-state index in [2.05, 4.69) is 5.32 Å². The predicted octanol–water partition coefficient (Wildman–Crippen LogP) is -0.916. The second-order valence-electron chi connectivity index (χ2n) is 5.31. The fourth-order valence-electron chi connectivity index (χ4n) is 2.10. The number of carbonyl (C=O) groups excluding carboxylic acids is 2. The summed E-state index contributed by atoms with van der Waals surface area (Å²) in [7, 11) is 1.68. The molecule has 0 radical (unpaired) electrons. The number of aliphatic hydroxyl groups is 1. The topological polar surface area (TPSA) is 110 Å². The fraction of sp³-hybridized carbons (Fsp3) is 0.750. The van der Waals surface area contributed by atoms with Crippen LogP contribution in [-0.2, 0) is 9.59 Å². The summed E-state index contributed by atoms with van der Waals surface area (Å²) in [5, 5.41) is 20.1. The quantitative estimate of drug-likeness (QED) is 0.619. The lowest BCUT2D eigenvalue weighted by atomic mass is 9.98. The van der Waals surface area contributed by atoms with Gasteiger partial charge in [0.1, 0.15) is 5.54 Å². The number of carboxylic acid groups (broad SMARTS) is 1. The number of likely N-dealkylation sites (N-methyl/N-ethyl adjacent to an activating group) is 1. The second-order valence-corrected chi connectivity index (χ2v) is 5.31. The van der Waals surface area contributed by atoms with Crippen LogP contribution in [0.5, 0.6) is 0 Å². The summed E-state index contributed by atoms with van der Waals surface area (Å²) in [5.74, 6) is -1.47. The molecule has 1 heterocycles. The number of carboxylic acids is 1. The van der Waals surface area contributed by atoms with Crippen LogP contribution in [0.1, 0.15) is 20.3 Å². The lowest BCUT2D eigenvalue weighted by molar-refractivity contribution is -0.146. The summed E-state index contributed by atoms with van der Waals surface area (Å²) in [4.78, 5) is 37.5. The first-order chi connectivity index (χ1) is 9.17. The molecule has 1 rings (SSSR count). The molecule has 0 aromatic rings. The van der Waals surface area contributed by atoms with E-state index in [0.717, 1.165) is 0 Å². The molecule has 3 amide bonds. The minimum atomic E-state index is -1.50. The summed E-state index contributed by atoms with van der Waals surface area (Å²) < 4.78 is 0. The third-order valence-electron chi connectivity index (χ3n) is 3.43.